The molecule has 0 aromatic heterocycles. The van der Waals surface area contributed by atoms with Crippen LogP contribution < -0.4 is 15.2 Å². The van der Waals surface area contributed by atoms with E-state index in [1.807, 2.05) is 18.2 Å². The molecule has 1 aliphatic rings. The van der Waals surface area contributed by atoms with Gasteiger partial charge in [-0.15, -0.1) is 0 Å². The van der Waals surface area contributed by atoms with E-state index in [4.69, 9.17) is 10.5 Å². The van der Waals surface area contributed by atoms with Crippen LogP contribution in [0.2, 0.25) is 0 Å². The number of para-hydroxylation sites is 1. The van der Waals surface area contributed by atoms with Gasteiger partial charge < -0.3 is 10.5 Å². The molecule has 3 N–H and O–H groups in total. The molecule has 1 atom stereocenters. The topological polar surface area (TPSA) is 81.4 Å². The zero-order valence-corrected chi connectivity index (χ0v) is 13.8. The number of ether oxygens (including phenoxy) is 1. The zero-order chi connectivity index (χ0) is 16.4. The Morgan fingerprint density at radius 1 is 1.22 bits per heavy atom. The van der Waals surface area contributed by atoms with Gasteiger partial charge in [0.05, 0.1) is 7.11 Å². The fraction of sp³-hybridized carbons (Fsp3) is 0.294. The van der Waals surface area contributed by atoms with Crippen LogP contribution in [0, 0.1) is 0 Å². The summed E-state index contributed by atoms with van der Waals surface area (Å²) in [5.41, 5.74) is 8.65. The van der Waals surface area contributed by atoms with E-state index in [9.17, 15) is 8.42 Å². The van der Waals surface area contributed by atoms with Crippen molar-refractivity contribution in [2.75, 3.05) is 12.8 Å². The first-order valence-corrected chi connectivity index (χ1v) is 9.03. The van der Waals surface area contributed by atoms with Crippen molar-refractivity contribution in [1.29, 1.82) is 0 Å². The van der Waals surface area contributed by atoms with Gasteiger partial charge >= 0.3 is 0 Å². The van der Waals surface area contributed by atoms with Crippen LogP contribution in [0.1, 0.15) is 30.0 Å². The van der Waals surface area contributed by atoms with Crippen LogP contribution in [-0.4, -0.2) is 15.5 Å². The zero-order valence-electron chi connectivity index (χ0n) is 13.0. The first-order chi connectivity index (χ1) is 11.0. The van der Waals surface area contributed by atoms with Crippen molar-refractivity contribution < 1.29 is 13.2 Å². The number of fused-ring (bicyclic) bond motifs is 1. The third kappa shape index (κ3) is 3.18. The second kappa shape index (κ2) is 6.22. The first-order valence-electron chi connectivity index (χ1n) is 7.55. The molecule has 0 aliphatic heterocycles. The monoisotopic (exact) mass is 332 g/mol. The van der Waals surface area contributed by atoms with E-state index in [-0.39, 0.29) is 10.9 Å². The molecule has 0 heterocycles. The minimum absolute atomic E-state index is 0.157. The third-order valence-corrected chi connectivity index (χ3v) is 5.65. The summed E-state index contributed by atoms with van der Waals surface area (Å²) < 4.78 is 33.5. The van der Waals surface area contributed by atoms with Crippen LogP contribution in [0.3, 0.4) is 0 Å². The van der Waals surface area contributed by atoms with Crippen LogP contribution in [0.15, 0.2) is 47.4 Å². The number of anilines is 1. The summed E-state index contributed by atoms with van der Waals surface area (Å²) in [5.74, 6) is 0.341. The van der Waals surface area contributed by atoms with E-state index < -0.39 is 10.0 Å². The molecule has 0 fully saturated rings. The lowest BCUT2D eigenvalue weighted by Gasteiger charge is -2.26. The number of benzene rings is 2. The van der Waals surface area contributed by atoms with E-state index in [1.165, 1.54) is 7.11 Å². The second-order valence-corrected chi connectivity index (χ2v) is 7.36. The van der Waals surface area contributed by atoms with E-state index in [2.05, 4.69) is 4.72 Å². The summed E-state index contributed by atoms with van der Waals surface area (Å²) in [4.78, 5) is 0.157. The van der Waals surface area contributed by atoms with Crippen molar-refractivity contribution in [1.82, 2.24) is 4.72 Å². The van der Waals surface area contributed by atoms with Crippen LogP contribution in [0.25, 0.3) is 0 Å². The van der Waals surface area contributed by atoms with Gasteiger partial charge in [0, 0.05) is 11.7 Å². The molecule has 2 aromatic carbocycles. The molecule has 0 saturated heterocycles. The molecule has 6 heteroatoms. The molecule has 122 valence electrons. The van der Waals surface area contributed by atoms with Gasteiger partial charge in [-0.3, -0.25) is 0 Å². The van der Waals surface area contributed by atoms with Crippen LogP contribution in [0.4, 0.5) is 5.69 Å². The Bertz CT molecular complexity index is 818. The van der Waals surface area contributed by atoms with Gasteiger partial charge in [-0.05, 0) is 54.7 Å². The lowest BCUT2D eigenvalue weighted by atomic mass is 9.88. The van der Waals surface area contributed by atoms with Gasteiger partial charge in [-0.2, -0.15) is 0 Å². The van der Waals surface area contributed by atoms with Gasteiger partial charge in [-0.1, -0.05) is 18.2 Å². The Hall–Kier alpha value is -2.05. The maximum absolute atomic E-state index is 12.7. The SMILES string of the molecule is COc1ccccc1S(=O)(=O)NC1CCCc2cc(N)ccc21. The largest absolute Gasteiger partial charge is 0.495 e. The Kier molecular flexibility index (Phi) is 4.28. The molecule has 0 saturated carbocycles. The van der Waals surface area contributed by atoms with Crippen molar-refractivity contribution in [3.8, 4) is 5.75 Å². The molecule has 5 nitrogen and oxygen atoms in total. The van der Waals surface area contributed by atoms with Crippen LogP contribution in [-0.2, 0) is 16.4 Å². The number of rotatable bonds is 4. The summed E-state index contributed by atoms with van der Waals surface area (Å²) in [5, 5.41) is 0. The predicted molar refractivity (Wildman–Crippen MR) is 89.8 cm³/mol. The summed E-state index contributed by atoms with van der Waals surface area (Å²) in [6.07, 6.45) is 2.62. The van der Waals surface area contributed by atoms with Crippen LogP contribution in [0.5, 0.6) is 5.75 Å². The van der Waals surface area contributed by atoms with Crippen LogP contribution >= 0.6 is 0 Å². The fourth-order valence-corrected chi connectivity index (χ4v) is 4.47. The molecular formula is C17H20N2O3S. The average Bonchev–Trinajstić information content (AvgIpc) is 2.54. The molecule has 1 unspecified atom stereocenters. The standard InChI is InChI=1S/C17H20N2O3S/c1-22-16-7-2-3-8-17(16)23(20,21)19-15-6-4-5-12-11-13(18)9-10-14(12)15/h2-3,7-11,15,19H,4-6,18H2,1H3. The van der Waals surface area contributed by atoms with Gasteiger partial charge in [0.2, 0.25) is 10.0 Å². The van der Waals surface area contributed by atoms with Crippen molar-refractivity contribution in [3.63, 3.8) is 0 Å². The summed E-state index contributed by atoms with van der Waals surface area (Å²) >= 11 is 0. The normalized spacial score (nSPS) is 17.5. The second-order valence-electron chi connectivity index (χ2n) is 5.68. The van der Waals surface area contributed by atoms with Crippen molar-refractivity contribution in [2.24, 2.45) is 0 Å². The Morgan fingerprint density at radius 3 is 2.78 bits per heavy atom. The number of nitrogens with one attached hydrogen (secondary N) is 1. The maximum Gasteiger partial charge on any atom is 0.244 e. The maximum atomic E-state index is 12.7. The fourth-order valence-electron chi connectivity index (χ4n) is 3.05. The summed E-state index contributed by atoms with van der Waals surface area (Å²) in [6, 6.07) is 12.0. The summed E-state index contributed by atoms with van der Waals surface area (Å²) in [7, 11) is -2.20. The highest BCUT2D eigenvalue weighted by atomic mass is 32.2. The number of hydrogen-bond donors (Lipinski definition) is 2. The molecule has 0 bridgehead atoms. The van der Waals surface area contributed by atoms with E-state index in [0.29, 0.717) is 11.4 Å². The highest BCUT2D eigenvalue weighted by Crippen LogP contribution is 2.33. The Balaban J connectivity index is 1.93. The molecule has 0 amide bonds. The lowest BCUT2D eigenvalue weighted by Crippen LogP contribution is -2.31. The number of aryl methyl sites for hydroxylation is 1. The first kappa shape index (κ1) is 15.8. The quantitative estimate of drug-likeness (QED) is 0.843. The van der Waals surface area contributed by atoms with Gasteiger partial charge in [0.25, 0.3) is 0 Å². The molecule has 1 aliphatic carbocycles. The van der Waals surface area contributed by atoms with E-state index >= 15 is 0 Å². The number of nitrogen functional groups attached to an aromatic ring is 1. The number of sulfonamides is 1. The van der Waals surface area contributed by atoms with Gasteiger partial charge in [0.1, 0.15) is 10.6 Å². The molecule has 23 heavy (non-hydrogen) atoms. The van der Waals surface area contributed by atoms with Gasteiger partial charge in [-0.25, -0.2) is 13.1 Å². The smallest absolute Gasteiger partial charge is 0.244 e. The van der Waals surface area contributed by atoms with Crippen molar-refractivity contribution in [3.05, 3.63) is 53.6 Å². The van der Waals surface area contributed by atoms with E-state index in [1.54, 1.807) is 24.3 Å². The van der Waals surface area contributed by atoms with Gasteiger partial charge in [0.15, 0.2) is 0 Å². The average molecular weight is 332 g/mol. The molecule has 0 spiro atoms. The molecule has 3 rings (SSSR count). The number of hydrogen-bond acceptors (Lipinski definition) is 4. The minimum Gasteiger partial charge on any atom is -0.495 e. The molecular weight excluding hydrogens is 312 g/mol. The highest BCUT2D eigenvalue weighted by molar-refractivity contribution is 7.89. The van der Waals surface area contributed by atoms with Crippen molar-refractivity contribution in [2.45, 2.75) is 30.2 Å². The van der Waals surface area contributed by atoms with Crippen molar-refractivity contribution >= 4 is 15.7 Å². The molecule has 0 radical (unpaired) electrons. The number of nitrogens with two attached hydrogens (primary N) is 1. The lowest BCUT2D eigenvalue weighted by molar-refractivity contribution is 0.401. The Morgan fingerprint density at radius 2 is 2.00 bits per heavy atom. The molecule has 2 aromatic rings. The minimum atomic E-state index is -3.66. The Labute approximate surface area is 136 Å². The highest BCUT2D eigenvalue weighted by Gasteiger charge is 2.27. The predicted octanol–water partition coefficient (Wildman–Crippen LogP) is 2.63. The van der Waals surface area contributed by atoms with E-state index in [0.717, 1.165) is 30.4 Å². The summed E-state index contributed by atoms with van der Waals surface area (Å²) in [6.45, 7) is 0. The number of methoxy groups -OCH3 is 1. The third-order valence-electron chi connectivity index (χ3n) is 4.14.